The summed E-state index contributed by atoms with van der Waals surface area (Å²) in [6.45, 7) is 0.699. The van der Waals surface area contributed by atoms with Crippen LogP contribution in [0.15, 0.2) is 36.4 Å². The van der Waals surface area contributed by atoms with Crippen molar-refractivity contribution < 1.29 is 37.4 Å². The first-order chi connectivity index (χ1) is 14.7. The molecule has 0 heterocycles. The van der Waals surface area contributed by atoms with Gasteiger partial charge < -0.3 is 25.8 Å². The van der Waals surface area contributed by atoms with Crippen molar-refractivity contribution in [2.24, 2.45) is 0 Å². The van der Waals surface area contributed by atoms with Gasteiger partial charge in [0.25, 0.3) is 5.91 Å². The van der Waals surface area contributed by atoms with Crippen molar-refractivity contribution in [1.29, 1.82) is 0 Å². The van der Waals surface area contributed by atoms with E-state index in [0.29, 0.717) is 11.8 Å². The standard InChI is InChI=1S/C20H20F3N3O5/c1-11(31-20(30)12-4-2-3-5-14(12)24-8-9-27)19(29)25-10-16(28)26-15-7-6-13(21)17(22)18(15)23/h2-7,11,24,27H,8-10H2,1H3,(H,25,29)(H,26,28)/t11-/m0/s1. The number of anilines is 2. The molecule has 0 unspecified atom stereocenters. The highest BCUT2D eigenvalue weighted by molar-refractivity contribution is 5.98. The van der Waals surface area contributed by atoms with Crippen LogP contribution in [-0.2, 0) is 14.3 Å². The van der Waals surface area contributed by atoms with E-state index in [4.69, 9.17) is 9.84 Å². The second kappa shape index (κ2) is 11.0. The van der Waals surface area contributed by atoms with Crippen molar-refractivity contribution in [3.63, 3.8) is 0 Å². The van der Waals surface area contributed by atoms with Gasteiger partial charge in [0, 0.05) is 12.2 Å². The van der Waals surface area contributed by atoms with E-state index < -0.39 is 53.6 Å². The van der Waals surface area contributed by atoms with Crippen LogP contribution in [0.2, 0.25) is 0 Å². The van der Waals surface area contributed by atoms with Gasteiger partial charge in [-0.1, -0.05) is 12.1 Å². The van der Waals surface area contributed by atoms with Crippen LogP contribution >= 0.6 is 0 Å². The highest BCUT2D eigenvalue weighted by atomic mass is 19.2. The lowest BCUT2D eigenvalue weighted by atomic mass is 10.1. The first kappa shape index (κ1) is 23.7. The molecule has 2 aromatic rings. The molecule has 0 radical (unpaired) electrons. The molecule has 0 aliphatic heterocycles. The van der Waals surface area contributed by atoms with Gasteiger partial charge in [-0.15, -0.1) is 0 Å². The minimum absolute atomic E-state index is 0.141. The number of carbonyl (C=O) groups is 3. The number of halogens is 3. The molecule has 11 heteroatoms. The minimum Gasteiger partial charge on any atom is -0.449 e. The Labute approximate surface area is 175 Å². The molecule has 2 amide bonds. The van der Waals surface area contributed by atoms with Crippen LogP contribution in [0, 0.1) is 17.5 Å². The fraction of sp³-hybridized carbons (Fsp3) is 0.250. The van der Waals surface area contributed by atoms with E-state index in [1.807, 2.05) is 5.32 Å². The van der Waals surface area contributed by atoms with Gasteiger partial charge in [-0.3, -0.25) is 9.59 Å². The SMILES string of the molecule is C[C@H](OC(=O)c1ccccc1NCCO)C(=O)NCC(=O)Nc1ccc(F)c(F)c1F. The Kier molecular flexibility index (Phi) is 8.38. The highest BCUT2D eigenvalue weighted by Crippen LogP contribution is 2.19. The Morgan fingerprint density at radius 3 is 2.45 bits per heavy atom. The fourth-order valence-electron chi connectivity index (χ4n) is 2.41. The van der Waals surface area contributed by atoms with Gasteiger partial charge in [-0.25, -0.2) is 18.0 Å². The predicted octanol–water partition coefficient (Wildman–Crippen LogP) is 1.81. The number of aliphatic hydroxyl groups excluding tert-OH is 1. The van der Waals surface area contributed by atoms with Crippen LogP contribution in [0.3, 0.4) is 0 Å². The Bertz CT molecular complexity index is 971. The number of ether oxygens (including phenoxy) is 1. The molecular weight excluding hydrogens is 419 g/mol. The lowest BCUT2D eigenvalue weighted by molar-refractivity contribution is -0.130. The summed E-state index contributed by atoms with van der Waals surface area (Å²) in [7, 11) is 0. The number of benzene rings is 2. The summed E-state index contributed by atoms with van der Waals surface area (Å²) >= 11 is 0. The molecule has 2 rings (SSSR count). The molecule has 0 fully saturated rings. The molecule has 0 spiro atoms. The zero-order valence-electron chi connectivity index (χ0n) is 16.4. The van der Waals surface area contributed by atoms with Crippen LogP contribution in [0.4, 0.5) is 24.5 Å². The molecule has 2 aromatic carbocycles. The predicted molar refractivity (Wildman–Crippen MR) is 105 cm³/mol. The van der Waals surface area contributed by atoms with Gasteiger partial charge in [0.05, 0.1) is 24.4 Å². The molecule has 0 aliphatic rings. The quantitative estimate of drug-likeness (QED) is 0.350. The third-order valence-corrected chi connectivity index (χ3v) is 3.96. The Morgan fingerprint density at radius 2 is 1.74 bits per heavy atom. The number of nitrogens with one attached hydrogen (secondary N) is 3. The van der Waals surface area contributed by atoms with Gasteiger partial charge in [-0.2, -0.15) is 0 Å². The zero-order valence-corrected chi connectivity index (χ0v) is 16.4. The summed E-state index contributed by atoms with van der Waals surface area (Å²) in [5, 5.41) is 15.9. The maximum Gasteiger partial charge on any atom is 0.341 e. The van der Waals surface area contributed by atoms with Gasteiger partial charge in [0.1, 0.15) is 0 Å². The average Bonchev–Trinajstić information content (AvgIpc) is 2.76. The third-order valence-electron chi connectivity index (χ3n) is 3.96. The molecule has 0 aliphatic carbocycles. The Hall–Kier alpha value is -3.60. The molecule has 0 aromatic heterocycles. The van der Waals surface area contributed by atoms with Crippen LogP contribution in [0.1, 0.15) is 17.3 Å². The van der Waals surface area contributed by atoms with E-state index in [0.717, 1.165) is 6.07 Å². The smallest absolute Gasteiger partial charge is 0.341 e. The van der Waals surface area contributed by atoms with Crippen LogP contribution in [0.5, 0.6) is 0 Å². The van der Waals surface area contributed by atoms with Crippen molar-refractivity contribution in [3.8, 4) is 0 Å². The van der Waals surface area contributed by atoms with Crippen molar-refractivity contribution in [1.82, 2.24) is 5.32 Å². The number of hydrogen-bond acceptors (Lipinski definition) is 6. The highest BCUT2D eigenvalue weighted by Gasteiger charge is 2.22. The second-order valence-electron chi connectivity index (χ2n) is 6.23. The summed E-state index contributed by atoms with van der Waals surface area (Å²) in [4.78, 5) is 36.2. The second-order valence-corrected chi connectivity index (χ2v) is 6.23. The summed E-state index contributed by atoms with van der Waals surface area (Å²) in [5.74, 6) is -7.25. The van der Waals surface area contributed by atoms with Crippen LogP contribution in [-0.4, -0.2) is 48.7 Å². The normalized spacial score (nSPS) is 11.4. The van der Waals surface area contributed by atoms with Gasteiger partial charge >= 0.3 is 5.97 Å². The third kappa shape index (κ3) is 6.44. The fourth-order valence-corrected chi connectivity index (χ4v) is 2.41. The summed E-state index contributed by atoms with van der Waals surface area (Å²) in [5.41, 5.74) is -0.0474. The minimum atomic E-state index is -1.74. The molecule has 1 atom stereocenters. The zero-order chi connectivity index (χ0) is 23.0. The van der Waals surface area contributed by atoms with Crippen molar-refractivity contribution in [2.75, 3.05) is 30.3 Å². The topological polar surface area (TPSA) is 117 Å². The number of amides is 2. The first-order valence-electron chi connectivity index (χ1n) is 9.10. The van der Waals surface area contributed by atoms with E-state index in [2.05, 4.69) is 10.6 Å². The van der Waals surface area contributed by atoms with E-state index in [-0.39, 0.29) is 18.7 Å². The lowest BCUT2D eigenvalue weighted by Crippen LogP contribution is -2.40. The molecule has 0 saturated carbocycles. The number of carbonyl (C=O) groups excluding carboxylic acids is 3. The maximum absolute atomic E-state index is 13.6. The van der Waals surface area contributed by atoms with Crippen molar-refractivity contribution >= 4 is 29.2 Å². The lowest BCUT2D eigenvalue weighted by Gasteiger charge is -2.15. The molecule has 31 heavy (non-hydrogen) atoms. The molecule has 0 saturated heterocycles. The molecule has 166 valence electrons. The van der Waals surface area contributed by atoms with Crippen LogP contribution < -0.4 is 16.0 Å². The molecule has 0 bridgehead atoms. The van der Waals surface area contributed by atoms with Crippen molar-refractivity contribution in [3.05, 3.63) is 59.4 Å². The summed E-state index contributed by atoms with van der Waals surface area (Å²) < 4.78 is 44.7. The first-order valence-corrected chi connectivity index (χ1v) is 9.10. The number of rotatable bonds is 9. The number of aliphatic hydroxyl groups is 1. The number of para-hydroxylation sites is 1. The largest absolute Gasteiger partial charge is 0.449 e. The molecule has 4 N–H and O–H groups in total. The molecule has 8 nitrogen and oxygen atoms in total. The van der Waals surface area contributed by atoms with E-state index in [1.54, 1.807) is 18.2 Å². The average molecular weight is 439 g/mol. The maximum atomic E-state index is 13.6. The Balaban J connectivity index is 1.89. The van der Waals surface area contributed by atoms with E-state index in [9.17, 15) is 27.6 Å². The number of esters is 1. The molecular formula is C20H20F3N3O5. The number of hydrogen-bond donors (Lipinski definition) is 4. The monoisotopic (exact) mass is 439 g/mol. The van der Waals surface area contributed by atoms with E-state index in [1.165, 1.54) is 13.0 Å². The Morgan fingerprint density at radius 1 is 1.03 bits per heavy atom. The van der Waals surface area contributed by atoms with Crippen molar-refractivity contribution in [2.45, 2.75) is 13.0 Å². The van der Waals surface area contributed by atoms with E-state index >= 15 is 0 Å². The van der Waals surface area contributed by atoms with Crippen LogP contribution in [0.25, 0.3) is 0 Å². The summed E-state index contributed by atoms with van der Waals surface area (Å²) in [6.07, 6.45) is -1.27. The van der Waals surface area contributed by atoms with Gasteiger partial charge in [0.15, 0.2) is 23.6 Å². The van der Waals surface area contributed by atoms with Gasteiger partial charge in [0.2, 0.25) is 5.91 Å². The van der Waals surface area contributed by atoms with Gasteiger partial charge in [-0.05, 0) is 31.2 Å². The summed E-state index contributed by atoms with van der Waals surface area (Å²) in [6, 6.07) is 7.80.